The van der Waals surface area contributed by atoms with Gasteiger partial charge in [-0.2, -0.15) is 5.26 Å². The Bertz CT molecular complexity index is 866. The fraction of sp³-hybridized carbons (Fsp3) is 0.364. The Morgan fingerprint density at radius 3 is 2.69 bits per heavy atom. The van der Waals surface area contributed by atoms with E-state index in [2.05, 4.69) is 32.2 Å². The van der Waals surface area contributed by atoms with Crippen LogP contribution in [0.4, 0.5) is 5.00 Å². The highest BCUT2D eigenvalue weighted by molar-refractivity contribution is 7.16. The maximum Gasteiger partial charge on any atom is 0.249 e. The standard InChI is InChI=1S/C22H24N2OS/c1-22(2,3)16-10-11-17-18(14-23)21(26-19(17)13-16)24-20(25)12-9-15-7-5-4-6-8-15/h4-9,12,16H,10-11,13H2,1-3H3,(H,24,25)/b12-9+/t16-/m1/s1. The van der Waals surface area contributed by atoms with Crippen LogP contribution in [0.5, 0.6) is 0 Å². The molecule has 0 saturated carbocycles. The molecule has 1 heterocycles. The summed E-state index contributed by atoms with van der Waals surface area (Å²) in [6.07, 6.45) is 6.32. The second kappa shape index (κ2) is 7.47. The monoisotopic (exact) mass is 364 g/mol. The first-order valence-electron chi connectivity index (χ1n) is 8.97. The summed E-state index contributed by atoms with van der Waals surface area (Å²) in [6.45, 7) is 6.83. The molecule has 1 N–H and O–H groups in total. The predicted octanol–water partition coefficient (Wildman–Crippen LogP) is 5.42. The summed E-state index contributed by atoms with van der Waals surface area (Å²) >= 11 is 1.57. The summed E-state index contributed by atoms with van der Waals surface area (Å²) in [5.74, 6) is 0.415. The molecule has 1 aliphatic rings. The van der Waals surface area contributed by atoms with Crippen molar-refractivity contribution in [3.63, 3.8) is 0 Å². The Kier molecular flexibility index (Phi) is 5.29. The topological polar surface area (TPSA) is 52.9 Å². The zero-order chi connectivity index (χ0) is 18.7. The minimum absolute atomic E-state index is 0.198. The number of nitrogens with zero attached hydrogens (tertiary/aromatic N) is 1. The third-order valence-corrected chi connectivity index (χ3v) is 6.24. The maximum absolute atomic E-state index is 12.3. The summed E-state index contributed by atoms with van der Waals surface area (Å²) < 4.78 is 0. The first-order valence-corrected chi connectivity index (χ1v) is 9.79. The number of nitrogens with one attached hydrogen (secondary N) is 1. The maximum atomic E-state index is 12.3. The summed E-state index contributed by atoms with van der Waals surface area (Å²) in [7, 11) is 0. The van der Waals surface area contributed by atoms with Crippen LogP contribution in [0.15, 0.2) is 36.4 Å². The molecule has 0 radical (unpaired) electrons. The van der Waals surface area contributed by atoms with Gasteiger partial charge in [-0.15, -0.1) is 11.3 Å². The highest BCUT2D eigenvalue weighted by atomic mass is 32.1. The molecule has 1 aromatic carbocycles. The second-order valence-electron chi connectivity index (χ2n) is 7.86. The highest BCUT2D eigenvalue weighted by Gasteiger charge is 2.32. The van der Waals surface area contributed by atoms with Gasteiger partial charge in [0.1, 0.15) is 11.1 Å². The van der Waals surface area contributed by atoms with Gasteiger partial charge in [0.05, 0.1) is 5.56 Å². The van der Waals surface area contributed by atoms with Gasteiger partial charge < -0.3 is 5.32 Å². The molecule has 3 rings (SSSR count). The molecule has 1 aromatic heterocycles. The minimum atomic E-state index is -0.198. The molecule has 0 unspecified atom stereocenters. The molecule has 2 aromatic rings. The lowest BCUT2D eigenvalue weighted by atomic mass is 9.72. The molecule has 134 valence electrons. The highest BCUT2D eigenvalue weighted by Crippen LogP contribution is 2.43. The van der Waals surface area contributed by atoms with Gasteiger partial charge in [0.2, 0.25) is 5.91 Å². The first-order chi connectivity index (χ1) is 12.4. The van der Waals surface area contributed by atoms with Gasteiger partial charge in [0.15, 0.2) is 0 Å². The number of carbonyl (C=O) groups excluding carboxylic acids is 1. The number of thiophene rings is 1. The van der Waals surface area contributed by atoms with E-state index < -0.39 is 0 Å². The van der Waals surface area contributed by atoms with Crippen molar-refractivity contribution in [2.45, 2.75) is 40.0 Å². The number of hydrogen-bond donors (Lipinski definition) is 1. The normalized spacial score (nSPS) is 16.9. The van der Waals surface area contributed by atoms with Gasteiger partial charge in [-0.1, -0.05) is 51.1 Å². The van der Waals surface area contributed by atoms with Crippen molar-refractivity contribution in [1.82, 2.24) is 0 Å². The van der Waals surface area contributed by atoms with E-state index in [1.54, 1.807) is 17.4 Å². The van der Waals surface area contributed by atoms with Crippen LogP contribution in [0.3, 0.4) is 0 Å². The number of amides is 1. The van der Waals surface area contributed by atoms with Gasteiger partial charge in [0.25, 0.3) is 0 Å². The number of fused-ring (bicyclic) bond motifs is 1. The first kappa shape index (κ1) is 18.4. The molecule has 0 aliphatic heterocycles. The van der Waals surface area contributed by atoms with Crippen LogP contribution < -0.4 is 5.32 Å². The van der Waals surface area contributed by atoms with Crippen molar-refractivity contribution in [1.29, 1.82) is 5.26 Å². The quantitative estimate of drug-likeness (QED) is 0.739. The van der Waals surface area contributed by atoms with Gasteiger partial charge in [-0.25, -0.2) is 0 Å². The Morgan fingerprint density at radius 1 is 1.31 bits per heavy atom. The molecule has 0 bridgehead atoms. The van der Waals surface area contributed by atoms with Crippen molar-refractivity contribution in [2.24, 2.45) is 11.3 Å². The lowest BCUT2D eigenvalue weighted by Gasteiger charge is -2.33. The second-order valence-corrected chi connectivity index (χ2v) is 8.96. The third-order valence-electron chi connectivity index (χ3n) is 5.07. The number of carbonyl (C=O) groups is 1. The van der Waals surface area contributed by atoms with Gasteiger partial charge in [-0.3, -0.25) is 4.79 Å². The molecule has 1 amide bonds. The van der Waals surface area contributed by atoms with Crippen molar-refractivity contribution in [3.8, 4) is 6.07 Å². The molecule has 26 heavy (non-hydrogen) atoms. The van der Waals surface area contributed by atoms with Crippen LogP contribution in [0, 0.1) is 22.7 Å². The summed E-state index contributed by atoms with van der Waals surface area (Å²) in [5, 5.41) is 13.2. The van der Waals surface area contributed by atoms with E-state index >= 15 is 0 Å². The fourth-order valence-electron chi connectivity index (χ4n) is 3.42. The Morgan fingerprint density at radius 2 is 2.04 bits per heavy atom. The molecule has 0 fully saturated rings. The van der Waals surface area contributed by atoms with E-state index in [4.69, 9.17) is 0 Å². The summed E-state index contributed by atoms with van der Waals surface area (Å²) in [4.78, 5) is 13.5. The number of benzene rings is 1. The van der Waals surface area contributed by atoms with E-state index in [1.807, 2.05) is 30.3 Å². The Hall–Kier alpha value is -2.38. The van der Waals surface area contributed by atoms with E-state index in [1.165, 1.54) is 11.0 Å². The van der Waals surface area contributed by atoms with E-state index in [0.717, 1.165) is 30.4 Å². The van der Waals surface area contributed by atoms with Crippen LogP contribution in [-0.4, -0.2) is 5.91 Å². The van der Waals surface area contributed by atoms with E-state index in [-0.39, 0.29) is 11.3 Å². The molecule has 3 nitrogen and oxygen atoms in total. The van der Waals surface area contributed by atoms with Gasteiger partial charge in [0, 0.05) is 11.0 Å². The molecule has 1 aliphatic carbocycles. The Balaban J connectivity index is 1.77. The third kappa shape index (κ3) is 4.05. The van der Waals surface area contributed by atoms with Crippen molar-refractivity contribution in [2.75, 3.05) is 5.32 Å². The molecule has 0 saturated heterocycles. The summed E-state index contributed by atoms with van der Waals surface area (Å²) in [5.41, 5.74) is 3.02. The number of anilines is 1. The van der Waals surface area contributed by atoms with Crippen LogP contribution >= 0.6 is 11.3 Å². The molecular weight excluding hydrogens is 340 g/mol. The van der Waals surface area contributed by atoms with E-state index in [0.29, 0.717) is 16.5 Å². The van der Waals surface area contributed by atoms with Gasteiger partial charge in [-0.05, 0) is 47.8 Å². The predicted molar refractivity (Wildman–Crippen MR) is 108 cm³/mol. The molecule has 1 atom stereocenters. The summed E-state index contributed by atoms with van der Waals surface area (Å²) in [6, 6.07) is 12.0. The fourth-order valence-corrected chi connectivity index (χ4v) is 4.70. The van der Waals surface area contributed by atoms with Crippen LogP contribution in [0.1, 0.15) is 48.8 Å². The molecule has 4 heteroatoms. The lowest BCUT2D eigenvalue weighted by molar-refractivity contribution is -0.111. The Labute approximate surface area is 159 Å². The molecular formula is C22H24N2OS. The smallest absolute Gasteiger partial charge is 0.249 e. The van der Waals surface area contributed by atoms with Crippen molar-refractivity contribution in [3.05, 3.63) is 58.0 Å². The zero-order valence-electron chi connectivity index (χ0n) is 15.5. The zero-order valence-corrected chi connectivity index (χ0v) is 16.3. The molecule has 0 spiro atoms. The van der Waals surface area contributed by atoms with Gasteiger partial charge >= 0.3 is 0 Å². The largest absolute Gasteiger partial charge is 0.313 e. The average Bonchev–Trinajstić information content (AvgIpc) is 2.96. The van der Waals surface area contributed by atoms with Crippen molar-refractivity contribution < 1.29 is 4.79 Å². The number of nitriles is 1. The van der Waals surface area contributed by atoms with E-state index in [9.17, 15) is 10.1 Å². The minimum Gasteiger partial charge on any atom is -0.313 e. The number of hydrogen-bond acceptors (Lipinski definition) is 3. The van der Waals surface area contributed by atoms with Crippen LogP contribution in [0.2, 0.25) is 0 Å². The lowest BCUT2D eigenvalue weighted by Crippen LogP contribution is -2.26. The van der Waals surface area contributed by atoms with Crippen molar-refractivity contribution >= 4 is 28.3 Å². The number of rotatable bonds is 3. The van der Waals surface area contributed by atoms with Crippen LogP contribution in [-0.2, 0) is 17.6 Å². The average molecular weight is 365 g/mol. The van der Waals surface area contributed by atoms with Crippen LogP contribution in [0.25, 0.3) is 6.08 Å². The SMILES string of the molecule is CC(C)(C)[C@@H]1CCc2c(sc(NC(=O)/C=C/c3ccccc3)c2C#N)C1.